The van der Waals surface area contributed by atoms with E-state index in [1.54, 1.807) is 23.2 Å². The number of sulfonamides is 1. The monoisotopic (exact) mass is 572 g/mol. The van der Waals surface area contributed by atoms with Gasteiger partial charge in [-0.2, -0.15) is 4.31 Å². The second-order valence-corrected chi connectivity index (χ2v) is 13.6. The lowest BCUT2D eigenvalue weighted by Gasteiger charge is -2.32. The fourth-order valence-electron chi connectivity index (χ4n) is 5.50. The average Bonchev–Trinajstić information content (AvgIpc) is 3.42. The fourth-order valence-corrected chi connectivity index (χ4v) is 7.25. The number of hydrogen-bond acceptors (Lipinski definition) is 6. The van der Waals surface area contributed by atoms with Crippen molar-refractivity contribution in [3.05, 3.63) is 40.3 Å². The van der Waals surface area contributed by atoms with E-state index < -0.39 is 27.7 Å². The van der Waals surface area contributed by atoms with E-state index in [9.17, 15) is 22.8 Å². The number of pyridine rings is 1. The van der Waals surface area contributed by atoms with Crippen molar-refractivity contribution < 1.29 is 27.9 Å². The standard InChI is InChI=1S/C28H36N4O7S/c1-28(2,3)39-27(36)31-13-5-7-19(31)16-32(18-9-10-18)40(37,38)20-11-12-22-21(14-20)24-17(6-4-8-23(33)34)15-29-25(24)26(35)30-22/h11-12,14-15,18-19,29H,4-10,13,16H2,1-3H3,(H,30,35)(H,33,34). The molecule has 1 aromatic carbocycles. The van der Waals surface area contributed by atoms with E-state index in [1.165, 1.54) is 10.4 Å². The zero-order valence-electron chi connectivity index (χ0n) is 23.0. The van der Waals surface area contributed by atoms with Gasteiger partial charge in [0.15, 0.2) is 0 Å². The number of benzene rings is 1. The lowest BCUT2D eigenvalue weighted by Crippen LogP contribution is -2.47. The molecule has 2 aromatic heterocycles. The molecule has 1 saturated carbocycles. The molecule has 1 aliphatic carbocycles. The third-order valence-electron chi connectivity index (χ3n) is 7.49. The summed E-state index contributed by atoms with van der Waals surface area (Å²) in [6, 6.07) is 4.29. The highest BCUT2D eigenvalue weighted by Gasteiger charge is 2.42. The maximum Gasteiger partial charge on any atom is 0.410 e. The Morgan fingerprint density at radius 1 is 1.20 bits per heavy atom. The third-order valence-corrected chi connectivity index (χ3v) is 9.41. The molecule has 40 heavy (non-hydrogen) atoms. The molecule has 2 aliphatic rings. The van der Waals surface area contributed by atoms with E-state index in [-0.39, 0.29) is 35.5 Å². The van der Waals surface area contributed by atoms with Gasteiger partial charge in [-0.15, -0.1) is 0 Å². The predicted molar refractivity (Wildman–Crippen MR) is 150 cm³/mol. The molecule has 1 atom stereocenters. The number of carboxylic acids is 1. The number of rotatable bonds is 9. The van der Waals surface area contributed by atoms with Gasteiger partial charge in [-0.1, -0.05) is 0 Å². The summed E-state index contributed by atoms with van der Waals surface area (Å²) in [5.41, 5.74) is 0.616. The molecule has 5 rings (SSSR count). The van der Waals surface area contributed by atoms with Crippen molar-refractivity contribution >= 4 is 43.9 Å². The third kappa shape index (κ3) is 5.73. The fraction of sp³-hybridized carbons (Fsp3) is 0.536. The molecule has 1 amide bonds. The summed E-state index contributed by atoms with van der Waals surface area (Å²) in [4.78, 5) is 44.1. The van der Waals surface area contributed by atoms with Crippen molar-refractivity contribution in [2.75, 3.05) is 13.1 Å². The Balaban J connectivity index is 1.48. The zero-order chi connectivity index (χ0) is 28.8. The van der Waals surface area contributed by atoms with Gasteiger partial charge in [-0.25, -0.2) is 13.2 Å². The molecule has 216 valence electrons. The number of aromatic nitrogens is 2. The maximum atomic E-state index is 14.1. The van der Waals surface area contributed by atoms with Crippen molar-refractivity contribution in [2.24, 2.45) is 0 Å². The number of aliphatic carboxylic acids is 1. The smallest absolute Gasteiger partial charge is 0.410 e. The number of aryl methyl sites for hydroxylation is 1. The van der Waals surface area contributed by atoms with E-state index in [2.05, 4.69) is 9.97 Å². The molecular formula is C28H36N4O7S. The Morgan fingerprint density at radius 2 is 1.95 bits per heavy atom. The van der Waals surface area contributed by atoms with Crippen LogP contribution >= 0.6 is 0 Å². The molecule has 3 heterocycles. The first kappa shape index (κ1) is 28.2. The molecule has 3 N–H and O–H groups in total. The maximum absolute atomic E-state index is 14.1. The molecule has 0 radical (unpaired) electrons. The van der Waals surface area contributed by atoms with E-state index in [4.69, 9.17) is 9.84 Å². The van der Waals surface area contributed by atoms with E-state index in [1.807, 2.05) is 20.8 Å². The van der Waals surface area contributed by atoms with Crippen LogP contribution in [0.1, 0.15) is 64.9 Å². The molecular weight excluding hydrogens is 536 g/mol. The van der Waals surface area contributed by atoms with E-state index in [0.717, 1.165) is 24.8 Å². The molecule has 0 spiro atoms. The normalized spacial score (nSPS) is 18.2. The zero-order valence-corrected chi connectivity index (χ0v) is 23.8. The second kappa shape index (κ2) is 10.5. The number of nitrogens with one attached hydrogen (secondary N) is 2. The number of fused-ring (bicyclic) bond motifs is 3. The molecule has 0 bridgehead atoms. The minimum atomic E-state index is -3.93. The van der Waals surface area contributed by atoms with Crippen LogP contribution in [0.5, 0.6) is 0 Å². The number of carboxylic acid groups (broad SMARTS) is 1. The van der Waals surface area contributed by atoms with Gasteiger partial charge in [0, 0.05) is 54.1 Å². The number of carbonyl (C=O) groups is 2. The van der Waals surface area contributed by atoms with Gasteiger partial charge >= 0.3 is 12.1 Å². The number of H-pyrrole nitrogens is 2. The summed E-state index contributed by atoms with van der Waals surface area (Å²) in [7, 11) is -3.93. The molecule has 1 aliphatic heterocycles. The first-order valence-electron chi connectivity index (χ1n) is 13.7. The van der Waals surface area contributed by atoms with Gasteiger partial charge in [0.2, 0.25) is 10.0 Å². The minimum absolute atomic E-state index is 0.00868. The number of hydrogen-bond donors (Lipinski definition) is 3. The van der Waals surface area contributed by atoms with Crippen molar-refractivity contribution in [2.45, 2.75) is 88.3 Å². The summed E-state index contributed by atoms with van der Waals surface area (Å²) in [6.45, 7) is 6.14. The summed E-state index contributed by atoms with van der Waals surface area (Å²) in [5.74, 6) is -0.899. The second-order valence-electron chi connectivity index (χ2n) is 11.7. The molecule has 12 heteroatoms. The van der Waals surface area contributed by atoms with E-state index >= 15 is 0 Å². The van der Waals surface area contributed by atoms with Crippen LogP contribution in [-0.2, 0) is 26.0 Å². The first-order chi connectivity index (χ1) is 18.8. The van der Waals surface area contributed by atoms with Crippen LogP contribution in [0.15, 0.2) is 34.1 Å². The lowest BCUT2D eigenvalue weighted by atomic mass is 10.0. The van der Waals surface area contributed by atoms with Crippen molar-refractivity contribution in [1.82, 2.24) is 19.2 Å². The highest BCUT2D eigenvalue weighted by molar-refractivity contribution is 7.89. The average molecular weight is 573 g/mol. The van der Waals surface area contributed by atoms with Crippen LogP contribution in [0, 0.1) is 0 Å². The Hall–Kier alpha value is -3.38. The van der Waals surface area contributed by atoms with Gasteiger partial charge in [-0.3, -0.25) is 9.59 Å². The van der Waals surface area contributed by atoms with Gasteiger partial charge < -0.3 is 24.7 Å². The summed E-state index contributed by atoms with van der Waals surface area (Å²) in [5, 5.41) is 10.2. The van der Waals surface area contributed by atoms with Gasteiger partial charge in [0.05, 0.1) is 4.90 Å². The number of aromatic amines is 2. The summed E-state index contributed by atoms with van der Waals surface area (Å²) < 4.78 is 35.2. The lowest BCUT2D eigenvalue weighted by molar-refractivity contribution is -0.137. The molecule has 3 aromatic rings. The first-order valence-corrected chi connectivity index (χ1v) is 15.2. The van der Waals surface area contributed by atoms with Gasteiger partial charge in [0.25, 0.3) is 5.56 Å². The van der Waals surface area contributed by atoms with Gasteiger partial charge in [-0.05, 0) is 83.1 Å². The van der Waals surface area contributed by atoms with Crippen LogP contribution in [0.2, 0.25) is 0 Å². The van der Waals surface area contributed by atoms with Crippen LogP contribution in [-0.4, -0.2) is 75.5 Å². The number of amides is 1. The molecule has 2 fully saturated rings. The van der Waals surface area contributed by atoms with Crippen molar-refractivity contribution in [3.8, 4) is 0 Å². The Bertz CT molecular complexity index is 1620. The van der Waals surface area contributed by atoms with Gasteiger partial charge in [0.1, 0.15) is 11.1 Å². The summed E-state index contributed by atoms with van der Waals surface area (Å²) in [6.07, 6.45) is 5.06. The highest BCUT2D eigenvalue weighted by Crippen LogP contribution is 2.36. The molecule has 11 nitrogen and oxygen atoms in total. The van der Waals surface area contributed by atoms with Crippen LogP contribution in [0.3, 0.4) is 0 Å². The predicted octanol–water partition coefficient (Wildman–Crippen LogP) is 3.97. The van der Waals surface area contributed by atoms with Crippen molar-refractivity contribution in [3.63, 3.8) is 0 Å². The Morgan fingerprint density at radius 3 is 2.62 bits per heavy atom. The number of likely N-dealkylation sites (tertiary alicyclic amines) is 1. The number of ether oxygens (including phenoxy) is 1. The SMILES string of the molecule is CC(C)(C)OC(=O)N1CCCC1CN(C1CC1)S(=O)(=O)c1ccc2[nH]c(=O)c3[nH]cc(CCCC(=O)O)c3c2c1. The topological polar surface area (TPSA) is 153 Å². The Kier molecular flexibility index (Phi) is 7.43. The van der Waals surface area contributed by atoms with E-state index in [0.29, 0.717) is 47.6 Å². The Labute approximate surface area is 232 Å². The van der Waals surface area contributed by atoms with Crippen molar-refractivity contribution in [1.29, 1.82) is 0 Å². The highest BCUT2D eigenvalue weighted by atomic mass is 32.2. The summed E-state index contributed by atoms with van der Waals surface area (Å²) >= 11 is 0. The van der Waals surface area contributed by atoms with Crippen LogP contribution < -0.4 is 5.56 Å². The largest absolute Gasteiger partial charge is 0.481 e. The molecule has 1 saturated heterocycles. The number of nitrogens with zero attached hydrogens (tertiary/aromatic N) is 2. The number of carbonyl (C=O) groups excluding carboxylic acids is 1. The quantitative estimate of drug-likeness (QED) is 0.351. The molecule has 1 unspecified atom stereocenters. The van der Waals surface area contributed by atoms with Crippen LogP contribution in [0.25, 0.3) is 21.8 Å². The van der Waals surface area contributed by atoms with Crippen LogP contribution in [0.4, 0.5) is 4.79 Å². The minimum Gasteiger partial charge on any atom is -0.481 e.